The van der Waals surface area contributed by atoms with E-state index in [0.717, 1.165) is 19.4 Å². The third kappa shape index (κ3) is 2.93. The Morgan fingerprint density at radius 3 is 2.36 bits per heavy atom. The lowest BCUT2D eigenvalue weighted by Crippen LogP contribution is -2.41. The Morgan fingerprint density at radius 2 is 1.93 bits per heavy atom. The molecule has 1 heterocycles. The fourth-order valence-corrected chi connectivity index (χ4v) is 3.00. The highest BCUT2D eigenvalue weighted by atomic mass is 32.2. The minimum atomic E-state index is -2.95. The van der Waals surface area contributed by atoms with Crippen molar-refractivity contribution < 1.29 is 8.42 Å². The quantitative estimate of drug-likeness (QED) is 0.740. The molecule has 0 saturated carbocycles. The average Bonchev–Trinajstić information content (AvgIpc) is 2.19. The van der Waals surface area contributed by atoms with Crippen LogP contribution in [0.1, 0.15) is 19.8 Å². The molecule has 1 saturated heterocycles. The summed E-state index contributed by atoms with van der Waals surface area (Å²) in [5.74, 6) is 0.868. The zero-order valence-corrected chi connectivity index (χ0v) is 9.81. The second-order valence-corrected chi connectivity index (χ2v) is 6.06. The summed E-state index contributed by atoms with van der Waals surface area (Å²) in [5, 5.41) is 3.14. The number of nitrogens with zero attached hydrogens (tertiary/aromatic N) is 1. The summed E-state index contributed by atoms with van der Waals surface area (Å²) >= 11 is 0. The van der Waals surface area contributed by atoms with Crippen molar-refractivity contribution in [3.05, 3.63) is 0 Å². The van der Waals surface area contributed by atoms with Crippen LogP contribution in [0, 0.1) is 5.92 Å². The van der Waals surface area contributed by atoms with Crippen molar-refractivity contribution in [1.82, 2.24) is 9.62 Å². The van der Waals surface area contributed by atoms with Crippen LogP contribution in [0.15, 0.2) is 0 Å². The Morgan fingerprint density at radius 1 is 1.36 bits per heavy atom. The molecule has 0 aromatic heterocycles. The van der Waals surface area contributed by atoms with Crippen molar-refractivity contribution >= 4 is 10.0 Å². The first kappa shape index (κ1) is 11.9. The van der Waals surface area contributed by atoms with Gasteiger partial charge in [0, 0.05) is 13.1 Å². The second kappa shape index (κ2) is 5.09. The van der Waals surface area contributed by atoms with Gasteiger partial charge in [-0.2, -0.15) is 0 Å². The Hall–Kier alpha value is -0.130. The molecule has 0 atom stereocenters. The zero-order chi connectivity index (χ0) is 10.6. The Balaban J connectivity index is 2.43. The molecule has 0 aliphatic carbocycles. The molecule has 0 aromatic carbocycles. The summed E-state index contributed by atoms with van der Waals surface area (Å²) in [7, 11) is -1.01. The van der Waals surface area contributed by atoms with Gasteiger partial charge in [0.25, 0.3) is 0 Å². The van der Waals surface area contributed by atoms with E-state index in [9.17, 15) is 8.42 Å². The molecule has 0 unspecified atom stereocenters. The summed E-state index contributed by atoms with van der Waals surface area (Å²) in [6.07, 6.45) is 1.97. The summed E-state index contributed by atoms with van der Waals surface area (Å²) in [6, 6.07) is 0. The zero-order valence-electron chi connectivity index (χ0n) is 8.99. The largest absolute Gasteiger partial charge is 0.319 e. The fourth-order valence-electron chi connectivity index (χ4n) is 1.86. The lowest BCUT2D eigenvalue weighted by atomic mass is 9.98. The van der Waals surface area contributed by atoms with E-state index >= 15 is 0 Å². The van der Waals surface area contributed by atoms with E-state index in [2.05, 4.69) is 5.32 Å². The van der Waals surface area contributed by atoms with E-state index < -0.39 is 10.0 Å². The molecule has 1 rings (SSSR count). The Labute approximate surface area is 86.7 Å². The van der Waals surface area contributed by atoms with Gasteiger partial charge in [0.05, 0.1) is 5.75 Å². The van der Waals surface area contributed by atoms with Gasteiger partial charge in [-0.1, -0.05) is 0 Å². The third-order valence-corrected chi connectivity index (χ3v) is 4.71. The predicted octanol–water partition coefficient (Wildman–Crippen LogP) is 0.267. The number of piperidine rings is 1. The smallest absolute Gasteiger partial charge is 0.213 e. The maximum Gasteiger partial charge on any atom is 0.213 e. The van der Waals surface area contributed by atoms with Crippen LogP contribution in [0.4, 0.5) is 0 Å². The molecule has 0 bridgehead atoms. The molecule has 0 aromatic rings. The molecule has 0 amide bonds. The molecule has 1 N–H and O–H groups in total. The summed E-state index contributed by atoms with van der Waals surface area (Å²) in [5.41, 5.74) is 0. The van der Waals surface area contributed by atoms with Gasteiger partial charge in [0.2, 0.25) is 10.0 Å². The molecule has 1 fully saturated rings. The van der Waals surface area contributed by atoms with Crippen LogP contribution in [0.2, 0.25) is 0 Å². The number of hydrogen-bond donors (Lipinski definition) is 1. The minimum Gasteiger partial charge on any atom is -0.319 e. The van der Waals surface area contributed by atoms with Crippen molar-refractivity contribution in [2.75, 3.05) is 32.4 Å². The van der Waals surface area contributed by atoms with Gasteiger partial charge in [-0.05, 0) is 39.3 Å². The molecule has 84 valence electrons. The first-order chi connectivity index (χ1) is 6.60. The summed E-state index contributed by atoms with van der Waals surface area (Å²) in [6.45, 7) is 4.10. The van der Waals surface area contributed by atoms with E-state index in [0.29, 0.717) is 19.0 Å². The summed E-state index contributed by atoms with van der Waals surface area (Å²) < 4.78 is 24.7. The van der Waals surface area contributed by atoms with Crippen LogP contribution in [0.3, 0.4) is 0 Å². The molecule has 0 radical (unpaired) electrons. The Kier molecular flexibility index (Phi) is 4.34. The van der Waals surface area contributed by atoms with E-state index in [1.54, 1.807) is 11.2 Å². The van der Waals surface area contributed by atoms with Gasteiger partial charge in [0.1, 0.15) is 0 Å². The average molecular weight is 220 g/mol. The van der Waals surface area contributed by atoms with E-state index in [-0.39, 0.29) is 5.75 Å². The normalized spacial score (nSPS) is 21.3. The van der Waals surface area contributed by atoms with Crippen LogP contribution >= 0.6 is 0 Å². The Bertz CT molecular complexity index is 256. The van der Waals surface area contributed by atoms with Gasteiger partial charge in [0.15, 0.2) is 0 Å². The van der Waals surface area contributed by atoms with Crippen molar-refractivity contribution in [2.45, 2.75) is 19.8 Å². The maximum atomic E-state index is 11.5. The van der Waals surface area contributed by atoms with Crippen LogP contribution in [-0.4, -0.2) is 45.2 Å². The second-order valence-electron chi connectivity index (χ2n) is 3.80. The first-order valence-corrected chi connectivity index (χ1v) is 6.83. The molecule has 1 aliphatic heterocycles. The molecule has 5 heteroatoms. The van der Waals surface area contributed by atoms with Crippen LogP contribution in [0.5, 0.6) is 0 Å². The van der Waals surface area contributed by atoms with E-state index in [1.165, 1.54) is 0 Å². The molecular formula is C9H20N2O2S. The van der Waals surface area contributed by atoms with Crippen molar-refractivity contribution in [1.29, 1.82) is 0 Å². The van der Waals surface area contributed by atoms with Gasteiger partial charge >= 0.3 is 0 Å². The van der Waals surface area contributed by atoms with E-state index in [1.807, 2.05) is 7.05 Å². The fraction of sp³-hybridized carbons (Fsp3) is 1.00. The van der Waals surface area contributed by atoms with Crippen molar-refractivity contribution in [3.8, 4) is 0 Å². The van der Waals surface area contributed by atoms with Gasteiger partial charge < -0.3 is 5.32 Å². The predicted molar refractivity (Wildman–Crippen MR) is 57.7 cm³/mol. The number of hydrogen-bond acceptors (Lipinski definition) is 3. The molecular weight excluding hydrogens is 200 g/mol. The summed E-state index contributed by atoms with van der Waals surface area (Å²) in [4.78, 5) is 0. The topological polar surface area (TPSA) is 49.4 Å². The van der Waals surface area contributed by atoms with Crippen LogP contribution in [-0.2, 0) is 10.0 Å². The monoisotopic (exact) mass is 220 g/mol. The highest BCUT2D eigenvalue weighted by molar-refractivity contribution is 7.89. The van der Waals surface area contributed by atoms with Gasteiger partial charge in [-0.25, -0.2) is 12.7 Å². The maximum absolute atomic E-state index is 11.5. The lowest BCUT2D eigenvalue weighted by Gasteiger charge is -2.30. The van der Waals surface area contributed by atoms with E-state index in [4.69, 9.17) is 0 Å². The molecule has 0 spiro atoms. The highest BCUT2D eigenvalue weighted by Gasteiger charge is 2.25. The van der Waals surface area contributed by atoms with Gasteiger partial charge in [-0.15, -0.1) is 0 Å². The highest BCUT2D eigenvalue weighted by Crippen LogP contribution is 2.18. The molecule has 4 nitrogen and oxygen atoms in total. The van der Waals surface area contributed by atoms with Crippen LogP contribution < -0.4 is 5.32 Å². The first-order valence-electron chi connectivity index (χ1n) is 5.22. The SMILES string of the molecule is CCS(=O)(=O)N1CCC(CNC)CC1. The van der Waals surface area contributed by atoms with Crippen molar-refractivity contribution in [3.63, 3.8) is 0 Å². The van der Waals surface area contributed by atoms with Crippen LogP contribution in [0.25, 0.3) is 0 Å². The standard InChI is InChI=1S/C9H20N2O2S/c1-3-14(12,13)11-6-4-9(5-7-11)8-10-2/h9-10H,3-8H2,1-2H3. The number of sulfonamides is 1. The molecule has 14 heavy (non-hydrogen) atoms. The number of nitrogens with one attached hydrogen (secondary N) is 1. The number of rotatable bonds is 4. The minimum absolute atomic E-state index is 0.226. The third-order valence-electron chi connectivity index (χ3n) is 2.82. The van der Waals surface area contributed by atoms with Gasteiger partial charge in [-0.3, -0.25) is 0 Å². The molecule has 1 aliphatic rings. The van der Waals surface area contributed by atoms with Crippen molar-refractivity contribution in [2.24, 2.45) is 5.92 Å². The lowest BCUT2D eigenvalue weighted by molar-refractivity contribution is 0.271.